The quantitative estimate of drug-likeness (QED) is 0.475. The van der Waals surface area contributed by atoms with E-state index >= 15 is 0 Å². The van der Waals surface area contributed by atoms with E-state index in [1.807, 2.05) is 0 Å². The summed E-state index contributed by atoms with van der Waals surface area (Å²) in [5.74, 6) is -2.86. The largest absolute Gasteiger partial charge is 0.448 e. The van der Waals surface area contributed by atoms with Crippen molar-refractivity contribution in [2.24, 2.45) is 0 Å². The van der Waals surface area contributed by atoms with Crippen LogP contribution in [-0.4, -0.2) is 49.6 Å². The van der Waals surface area contributed by atoms with Crippen molar-refractivity contribution >= 4 is 30.7 Å². The summed E-state index contributed by atoms with van der Waals surface area (Å²) in [5.41, 5.74) is -0.858. The van der Waals surface area contributed by atoms with Crippen LogP contribution in [0.4, 0.5) is 8.78 Å². The number of sulfone groups is 2. The van der Waals surface area contributed by atoms with Crippen LogP contribution in [0.3, 0.4) is 0 Å². The van der Waals surface area contributed by atoms with Gasteiger partial charge in [-0.25, -0.2) is 30.6 Å². The van der Waals surface area contributed by atoms with Crippen molar-refractivity contribution in [2.45, 2.75) is 18.1 Å². The lowest BCUT2D eigenvalue weighted by molar-refractivity contribution is 0.428. The van der Waals surface area contributed by atoms with Crippen molar-refractivity contribution in [3.05, 3.63) is 52.5 Å². The zero-order chi connectivity index (χ0) is 23.0. The van der Waals surface area contributed by atoms with Gasteiger partial charge in [0.05, 0.1) is 5.75 Å². The summed E-state index contributed by atoms with van der Waals surface area (Å²) in [5, 5.41) is -0.321. The highest BCUT2D eigenvalue weighted by Gasteiger charge is 2.18. The number of pyridine rings is 1. The van der Waals surface area contributed by atoms with Crippen molar-refractivity contribution in [3.63, 3.8) is 0 Å². The molecule has 0 saturated heterocycles. The van der Waals surface area contributed by atoms with Crippen molar-refractivity contribution in [2.75, 3.05) is 18.3 Å². The third kappa shape index (κ3) is 5.41. The Morgan fingerprint density at radius 1 is 1.06 bits per heavy atom. The number of hydrogen-bond donors (Lipinski definition) is 0. The van der Waals surface area contributed by atoms with Gasteiger partial charge in [-0.2, -0.15) is 4.98 Å². The highest BCUT2D eigenvalue weighted by atomic mass is 32.2. The first-order valence-corrected chi connectivity index (χ1v) is 12.7. The third-order valence-electron chi connectivity index (χ3n) is 4.11. The molecule has 0 spiro atoms. The standard InChI is InChI=1S/C18H17F2N3O6S2/c1-30(25,26)7-3-6-23-16-11(10-21-18(22-16)31(2,27)28)8-15(17(23)24)29-14-5-4-12(19)9-13(14)20/h4-5,8-10H,3,6-7H2,1-2H3. The molecule has 0 aliphatic heterocycles. The molecular formula is C18H17F2N3O6S2. The van der Waals surface area contributed by atoms with E-state index in [2.05, 4.69) is 9.97 Å². The summed E-state index contributed by atoms with van der Waals surface area (Å²) < 4.78 is 79.9. The predicted molar refractivity (Wildman–Crippen MR) is 108 cm³/mol. The van der Waals surface area contributed by atoms with Crippen LogP contribution >= 0.6 is 0 Å². The van der Waals surface area contributed by atoms with Crippen LogP contribution in [0.1, 0.15) is 6.42 Å². The van der Waals surface area contributed by atoms with E-state index in [4.69, 9.17) is 4.74 Å². The molecule has 0 radical (unpaired) electrons. The van der Waals surface area contributed by atoms with Gasteiger partial charge in [0.25, 0.3) is 5.56 Å². The maximum atomic E-state index is 14.0. The lowest BCUT2D eigenvalue weighted by Crippen LogP contribution is -2.24. The van der Waals surface area contributed by atoms with Crippen molar-refractivity contribution in [1.29, 1.82) is 0 Å². The van der Waals surface area contributed by atoms with Gasteiger partial charge >= 0.3 is 0 Å². The molecule has 0 atom stereocenters. The van der Waals surface area contributed by atoms with E-state index in [1.165, 1.54) is 6.07 Å². The van der Waals surface area contributed by atoms with Gasteiger partial charge in [0.15, 0.2) is 17.3 Å². The Hall–Kier alpha value is -2.93. The minimum absolute atomic E-state index is 0.0282. The van der Waals surface area contributed by atoms with E-state index in [9.17, 15) is 30.4 Å². The molecule has 3 rings (SSSR count). The summed E-state index contributed by atoms with van der Waals surface area (Å²) in [7, 11) is -7.11. The second-order valence-corrected chi connectivity index (χ2v) is 11.0. The van der Waals surface area contributed by atoms with Gasteiger partial charge in [-0.05, 0) is 24.6 Å². The maximum Gasteiger partial charge on any atom is 0.295 e. The molecule has 13 heteroatoms. The SMILES string of the molecule is CS(=O)(=O)CCCn1c(=O)c(Oc2ccc(F)cc2F)cc2cnc(S(C)(=O)=O)nc21. The molecule has 0 bridgehead atoms. The molecule has 1 aromatic carbocycles. The zero-order valence-electron chi connectivity index (χ0n) is 16.4. The van der Waals surface area contributed by atoms with Gasteiger partial charge in [0.2, 0.25) is 15.0 Å². The Labute approximate surface area is 176 Å². The molecule has 0 saturated carbocycles. The van der Waals surface area contributed by atoms with Crippen molar-refractivity contribution < 1.29 is 30.4 Å². The molecule has 9 nitrogen and oxygen atoms in total. The molecule has 0 amide bonds. The fourth-order valence-electron chi connectivity index (χ4n) is 2.74. The summed E-state index contributed by atoms with van der Waals surface area (Å²) in [6, 6.07) is 3.74. The first kappa shape index (κ1) is 22.7. The molecule has 0 N–H and O–H groups in total. The number of aromatic nitrogens is 3. The molecular weight excluding hydrogens is 456 g/mol. The Balaban J connectivity index is 2.15. The smallest absolute Gasteiger partial charge is 0.295 e. The zero-order valence-corrected chi connectivity index (χ0v) is 18.0. The van der Waals surface area contributed by atoms with Crippen LogP contribution in [0.15, 0.2) is 40.4 Å². The number of nitrogens with zero attached hydrogens (tertiary/aromatic N) is 3. The fourth-order valence-corrected chi connectivity index (χ4v) is 3.89. The van der Waals surface area contributed by atoms with Crippen LogP contribution in [0.25, 0.3) is 11.0 Å². The number of hydrogen-bond acceptors (Lipinski definition) is 8. The van der Waals surface area contributed by atoms with Crippen molar-refractivity contribution in [1.82, 2.24) is 14.5 Å². The highest BCUT2D eigenvalue weighted by Crippen LogP contribution is 2.25. The highest BCUT2D eigenvalue weighted by molar-refractivity contribution is 7.90. The molecule has 31 heavy (non-hydrogen) atoms. The summed E-state index contributed by atoms with van der Waals surface area (Å²) in [6.45, 7) is -0.133. The minimum Gasteiger partial charge on any atom is -0.448 e. The minimum atomic E-state index is -3.79. The average molecular weight is 473 g/mol. The number of halogens is 2. The van der Waals surface area contributed by atoms with E-state index in [-0.39, 0.29) is 35.5 Å². The van der Waals surface area contributed by atoms with Gasteiger partial charge in [-0.1, -0.05) is 0 Å². The summed E-state index contributed by atoms with van der Waals surface area (Å²) in [6.07, 6.45) is 3.11. The van der Waals surface area contributed by atoms with Crippen LogP contribution < -0.4 is 10.3 Å². The maximum absolute atomic E-state index is 14.0. The lowest BCUT2D eigenvalue weighted by atomic mass is 10.3. The Bertz CT molecular complexity index is 1440. The first-order chi connectivity index (χ1) is 14.3. The number of aryl methyl sites for hydroxylation is 1. The van der Waals surface area contributed by atoms with Gasteiger partial charge in [0, 0.05) is 36.7 Å². The van der Waals surface area contributed by atoms with Crippen LogP contribution in [0.2, 0.25) is 0 Å². The third-order valence-corrected chi connectivity index (χ3v) is 6.00. The van der Waals surface area contributed by atoms with E-state index < -0.39 is 47.8 Å². The monoisotopic (exact) mass is 473 g/mol. The molecule has 3 aromatic rings. The second kappa shape index (κ2) is 8.30. The molecule has 0 unspecified atom stereocenters. The molecule has 2 aromatic heterocycles. The summed E-state index contributed by atoms with van der Waals surface area (Å²) >= 11 is 0. The summed E-state index contributed by atoms with van der Waals surface area (Å²) in [4.78, 5) is 20.7. The topological polar surface area (TPSA) is 125 Å². The van der Waals surface area contributed by atoms with Gasteiger partial charge in [0.1, 0.15) is 21.3 Å². The first-order valence-electron chi connectivity index (χ1n) is 8.76. The van der Waals surface area contributed by atoms with Gasteiger partial charge < -0.3 is 4.74 Å². The number of ether oxygens (including phenoxy) is 1. The average Bonchev–Trinajstić information content (AvgIpc) is 2.64. The molecule has 2 heterocycles. The second-order valence-electron chi connectivity index (χ2n) is 6.83. The van der Waals surface area contributed by atoms with Gasteiger partial charge in [-0.3, -0.25) is 9.36 Å². The Morgan fingerprint density at radius 3 is 2.39 bits per heavy atom. The van der Waals surface area contributed by atoms with E-state index in [1.54, 1.807) is 0 Å². The van der Waals surface area contributed by atoms with E-state index in [0.29, 0.717) is 6.07 Å². The van der Waals surface area contributed by atoms with Crippen LogP contribution in [-0.2, 0) is 26.2 Å². The normalized spacial score (nSPS) is 12.3. The molecule has 0 aliphatic rings. The number of rotatable bonds is 7. The Kier molecular flexibility index (Phi) is 6.09. The molecule has 0 aliphatic carbocycles. The van der Waals surface area contributed by atoms with Crippen LogP contribution in [0.5, 0.6) is 11.5 Å². The fraction of sp³-hybridized carbons (Fsp3) is 0.278. The predicted octanol–water partition coefficient (Wildman–Crippen LogP) is 1.70. The van der Waals surface area contributed by atoms with Crippen molar-refractivity contribution in [3.8, 4) is 11.5 Å². The lowest BCUT2D eigenvalue weighted by Gasteiger charge is -2.13. The van der Waals surface area contributed by atoms with E-state index in [0.717, 1.165) is 35.4 Å². The molecule has 166 valence electrons. The number of fused-ring (bicyclic) bond motifs is 1. The molecule has 0 fully saturated rings. The van der Waals surface area contributed by atoms with Crippen LogP contribution in [0, 0.1) is 11.6 Å². The Morgan fingerprint density at radius 2 is 1.77 bits per heavy atom. The van der Waals surface area contributed by atoms with Gasteiger partial charge in [-0.15, -0.1) is 0 Å². The number of benzene rings is 1.